The maximum absolute atomic E-state index is 4.88. The minimum absolute atomic E-state index is 0.335. The Hall–Kier alpha value is -2.23. The highest BCUT2D eigenvalue weighted by Gasteiger charge is 2.09. The minimum Gasteiger partial charge on any atom is -0.242 e. The number of hydrogen-bond acceptors (Lipinski definition) is 3. The van der Waals surface area contributed by atoms with Crippen LogP contribution in [0.15, 0.2) is 106 Å². The lowest BCUT2D eigenvalue weighted by Gasteiger charge is -2.11. The molecule has 0 fully saturated rings. The van der Waals surface area contributed by atoms with E-state index in [1.54, 1.807) is 23.5 Å². The summed E-state index contributed by atoms with van der Waals surface area (Å²) in [5.41, 5.74) is 3.54. The molecule has 0 radical (unpaired) electrons. The third-order valence-electron chi connectivity index (χ3n) is 4.00. The van der Waals surface area contributed by atoms with Crippen molar-refractivity contribution in [3.8, 4) is 0 Å². The fourth-order valence-electron chi connectivity index (χ4n) is 2.49. The smallest absolute Gasteiger partial charge is 0.0978 e. The number of hydrogen-bond donors (Lipinski definition) is 0. The second-order valence-electron chi connectivity index (χ2n) is 6.19. The Kier molecular flexibility index (Phi) is 7.37. The van der Waals surface area contributed by atoms with Crippen LogP contribution < -0.4 is 0 Å². The second kappa shape index (κ2) is 10.2. The van der Waals surface area contributed by atoms with Crippen LogP contribution in [0, 0.1) is 6.92 Å². The Bertz CT molecular complexity index is 885. The zero-order valence-corrected chi connectivity index (χ0v) is 17.2. The van der Waals surface area contributed by atoms with Gasteiger partial charge in [0.1, 0.15) is 0 Å². The molecular formula is C24H23NS2. The van der Waals surface area contributed by atoms with Crippen molar-refractivity contribution in [1.29, 1.82) is 0 Å². The predicted molar refractivity (Wildman–Crippen MR) is 122 cm³/mol. The summed E-state index contributed by atoms with van der Waals surface area (Å²) >= 11 is 3.49. The molecule has 1 atom stereocenters. The molecule has 0 amide bonds. The molecule has 0 aliphatic carbocycles. The minimum atomic E-state index is 0.335. The molecule has 27 heavy (non-hydrogen) atoms. The van der Waals surface area contributed by atoms with E-state index in [2.05, 4.69) is 104 Å². The van der Waals surface area contributed by atoms with Gasteiger partial charge in [-0.15, -0.1) is 0 Å². The van der Waals surface area contributed by atoms with E-state index in [1.165, 1.54) is 16.0 Å². The van der Waals surface area contributed by atoms with Crippen molar-refractivity contribution in [2.45, 2.75) is 24.0 Å². The molecule has 0 bridgehead atoms. The van der Waals surface area contributed by atoms with Gasteiger partial charge in [0.05, 0.1) is 10.7 Å². The van der Waals surface area contributed by atoms with Crippen molar-refractivity contribution in [3.63, 3.8) is 0 Å². The van der Waals surface area contributed by atoms with E-state index in [9.17, 15) is 0 Å². The summed E-state index contributed by atoms with van der Waals surface area (Å²) in [5.74, 6) is 0. The van der Waals surface area contributed by atoms with Gasteiger partial charge in [-0.25, -0.2) is 4.99 Å². The zero-order chi connectivity index (χ0) is 18.9. The van der Waals surface area contributed by atoms with Gasteiger partial charge in [0.15, 0.2) is 0 Å². The van der Waals surface area contributed by atoms with Gasteiger partial charge in [-0.2, -0.15) is 0 Å². The maximum atomic E-state index is 4.88. The third kappa shape index (κ3) is 6.46. The lowest BCUT2D eigenvalue weighted by Crippen LogP contribution is -1.94. The molecule has 0 aliphatic rings. The fraction of sp³-hybridized carbons (Fsp3) is 0.125. The van der Waals surface area contributed by atoms with E-state index in [-0.39, 0.29) is 0 Å². The molecule has 1 nitrogen and oxygen atoms in total. The first kappa shape index (κ1) is 19.5. The van der Waals surface area contributed by atoms with Crippen LogP contribution in [0.2, 0.25) is 0 Å². The molecule has 3 aromatic carbocycles. The molecule has 3 aromatic rings. The average molecular weight is 390 g/mol. The summed E-state index contributed by atoms with van der Waals surface area (Å²) in [4.78, 5) is 6.10. The van der Waals surface area contributed by atoms with Crippen LogP contribution in [0.3, 0.4) is 0 Å². The van der Waals surface area contributed by atoms with Gasteiger partial charge in [0, 0.05) is 10.1 Å². The highest BCUT2D eigenvalue weighted by molar-refractivity contribution is 8.14. The van der Waals surface area contributed by atoms with Crippen molar-refractivity contribution in [1.82, 2.24) is 0 Å². The number of benzene rings is 3. The van der Waals surface area contributed by atoms with Gasteiger partial charge in [-0.3, -0.25) is 0 Å². The third-order valence-corrected chi connectivity index (χ3v) is 5.91. The zero-order valence-electron chi connectivity index (χ0n) is 15.6. The molecule has 1 unspecified atom stereocenters. The van der Waals surface area contributed by atoms with Crippen LogP contribution in [0.1, 0.15) is 23.3 Å². The topological polar surface area (TPSA) is 12.4 Å². The summed E-state index contributed by atoms with van der Waals surface area (Å²) < 4.78 is 0. The largest absolute Gasteiger partial charge is 0.242 e. The molecule has 0 saturated heterocycles. The first-order chi connectivity index (χ1) is 13.2. The highest BCUT2D eigenvalue weighted by atomic mass is 32.2. The second-order valence-corrected chi connectivity index (χ2v) is 8.53. The number of aryl methyl sites for hydroxylation is 1. The van der Waals surface area contributed by atoms with Crippen LogP contribution >= 0.6 is 23.5 Å². The normalized spacial score (nSPS) is 13.0. The summed E-state index contributed by atoms with van der Waals surface area (Å²) in [5, 5.41) is 3.47. The SMILES string of the molecule is Cc1ccc(N=C(C=CSc2ccccc2)SC(C)c2ccccc2)cc1. The van der Waals surface area contributed by atoms with Gasteiger partial charge >= 0.3 is 0 Å². The van der Waals surface area contributed by atoms with Gasteiger partial charge in [0.2, 0.25) is 0 Å². The van der Waals surface area contributed by atoms with Gasteiger partial charge in [-0.1, -0.05) is 89.8 Å². The van der Waals surface area contributed by atoms with Crippen molar-refractivity contribution < 1.29 is 0 Å². The van der Waals surface area contributed by atoms with E-state index in [0.717, 1.165) is 10.7 Å². The van der Waals surface area contributed by atoms with E-state index in [1.807, 2.05) is 6.07 Å². The van der Waals surface area contributed by atoms with Crippen molar-refractivity contribution in [3.05, 3.63) is 108 Å². The molecular weight excluding hydrogens is 366 g/mol. The lowest BCUT2D eigenvalue weighted by molar-refractivity contribution is 1.11. The molecule has 3 rings (SSSR count). The van der Waals surface area contributed by atoms with Crippen LogP contribution in [-0.4, -0.2) is 5.04 Å². The summed E-state index contributed by atoms with van der Waals surface area (Å²) in [6.45, 7) is 4.32. The molecule has 3 heteroatoms. The molecule has 0 N–H and O–H groups in total. The number of nitrogens with zero attached hydrogens (tertiary/aromatic N) is 1. The van der Waals surface area contributed by atoms with Crippen molar-refractivity contribution in [2.24, 2.45) is 4.99 Å². The summed E-state index contributed by atoms with van der Waals surface area (Å²) in [6.07, 6.45) is 2.11. The van der Waals surface area contributed by atoms with Crippen LogP contribution in [0.4, 0.5) is 5.69 Å². The Labute approximate surface area is 170 Å². The predicted octanol–water partition coefficient (Wildman–Crippen LogP) is 7.83. The summed E-state index contributed by atoms with van der Waals surface area (Å²) in [6, 6.07) is 29.3. The number of aliphatic imine (C=N–C) groups is 1. The Balaban J connectivity index is 1.78. The fourth-order valence-corrected chi connectivity index (χ4v) is 4.21. The Morgan fingerprint density at radius 1 is 0.852 bits per heavy atom. The molecule has 0 saturated carbocycles. The first-order valence-electron chi connectivity index (χ1n) is 8.96. The van der Waals surface area contributed by atoms with Crippen molar-refractivity contribution in [2.75, 3.05) is 0 Å². The van der Waals surface area contributed by atoms with Crippen LogP contribution in [0.25, 0.3) is 0 Å². The van der Waals surface area contributed by atoms with Gasteiger partial charge in [-0.05, 0) is 55.2 Å². The molecule has 0 spiro atoms. The number of thioether (sulfide) groups is 2. The van der Waals surface area contributed by atoms with Crippen molar-refractivity contribution >= 4 is 34.3 Å². The maximum Gasteiger partial charge on any atom is 0.0978 e. The van der Waals surface area contributed by atoms with Gasteiger partial charge in [0.25, 0.3) is 0 Å². The first-order valence-corrected chi connectivity index (χ1v) is 10.7. The molecule has 136 valence electrons. The van der Waals surface area contributed by atoms with Crippen LogP contribution in [0.5, 0.6) is 0 Å². The lowest BCUT2D eigenvalue weighted by atomic mass is 10.2. The standard InChI is InChI=1S/C24H23NS2/c1-19-13-15-22(16-14-19)25-24(17-18-26-23-11-7-4-8-12-23)27-20(2)21-9-5-3-6-10-21/h3-18,20H,1-2H3. The monoisotopic (exact) mass is 389 g/mol. The molecule has 0 heterocycles. The van der Waals surface area contributed by atoms with E-state index in [0.29, 0.717) is 5.25 Å². The van der Waals surface area contributed by atoms with E-state index < -0.39 is 0 Å². The van der Waals surface area contributed by atoms with Crippen LogP contribution in [-0.2, 0) is 0 Å². The number of rotatable bonds is 6. The van der Waals surface area contributed by atoms with E-state index in [4.69, 9.17) is 4.99 Å². The average Bonchev–Trinajstić information content (AvgIpc) is 2.71. The Morgan fingerprint density at radius 3 is 2.15 bits per heavy atom. The summed E-state index contributed by atoms with van der Waals surface area (Å²) in [7, 11) is 0. The molecule has 0 aromatic heterocycles. The van der Waals surface area contributed by atoms with Gasteiger partial charge < -0.3 is 0 Å². The molecule has 0 aliphatic heterocycles. The quantitative estimate of drug-likeness (QED) is 0.242. The Morgan fingerprint density at radius 2 is 1.48 bits per heavy atom. The highest BCUT2D eigenvalue weighted by Crippen LogP contribution is 2.31. The van der Waals surface area contributed by atoms with E-state index >= 15 is 0 Å².